The first kappa shape index (κ1) is 16.4. The highest BCUT2D eigenvalue weighted by atomic mass is 19.1. The summed E-state index contributed by atoms with van der Waals surface area (Å²) in [6.45, 7) is 1.57. The molecule has 25 heavy (non-hydrogen) atoms. The number of aromatic nitrogens is 2. The Morgan fingerprint density at radius 1 is 1.20 bits per heavy atom. The van der Waals surface area contributed by atoms with Gasteiger partial charge in [-0.1, -0.05) is 23.4 Å². The van der Waals surface area contributed by atoms with Crippen LogP contribution in [0.25, 0.3) is 0 Å². The van der Waals surface area contributed by atoms with E-state index in [9.17, 15) is 14.0 Å². The number of amides is 2. The number of rotatable bonds is 5. The van der Waals surface area contributed by atoms with Gasteiger partial charge in [0, 0.05) is 12.5 Å². The zero-order valence-electron chi connectivity index (χ0n) is 13.0. The molecule has 0 aliphatic heterocycles. The maximum Gasteiger partial charge on any atom is 0.287 e. The van der Waals surface area contributed by atoms with Gasteiger partial charge in [-0.25, -0.2) is 4.39 Å². The molecule has 0 aliphatic rings. The fourth-order valence-corrected chi connectivity index (χ4v) is 2.22. The molecule has 3 N–H and O–H groups in total. The lowest BCUT2D eigenvalue weighted by Gasteiger charge is -2.15. The third-order valence-electron chi connectivity index (χ3n) is 3.37. The third-order valence-corrected chi connectivity index (χ3v) is 3.37. The molecule has 0 radical (unpaired) electrons. The van der Waals surface area contributed by atoms with E-state index in [1.807, 2.05) is 0 Å². The molecule has 128 valence electrons. The number of primary amides is 1. The van der Waals surface area contributed by atoms with Crippen LogP contribution in [0, 0.1) is 12.7 Å². The first-order valence-corrected chi connectivity index (χ1v) is 7.21. The molecule has 1 atom stereocenters. The number of benzene rings is 1. The molecule has 9 heteroatoms. The Morgan fingerprint density at radius 3 is 2.52 bits per heavy atom. The summed E-state index contributed by atoms with van der Waals surface area (Å²) in [5.41, 5.74) is 5.24. The number of nitrogens with one attached hydrogen (secondary N) is 1. The highest BCUT2D eigenvalue weighted by Gasteiger charge is 2.26. The van der Waals surface area contributed by atoms with Crippen LogP contribution in [-0.2, 0) is 0 Å². The van der Waals surface area contributed by atoms with E-state index in [1.165, 1.54) is 30.3 Å². The molecule has 3 aromatic rings. The summed E-state index contributed by atoms with van der Waals surface area (Å²) in [6.07, 6.45) is 0. The van der Waals surface area contributed by atoms with Crippen molar-refractivity contribution in [2.45, 2.75) is 13.0 Å². The van der Waals surface area contributed by atoms with E-state index in [1.54, 1.807) is 13.0 Å². The zero-order chi connectivity index (χ0) is 18.0. The van der Waals surface area contributed by atoms with Crippen LogP contribution >= 0.6 is 0 Å². The molecule has 3 rings (SSSR count). The molecule has 1 aromatic carbocycles. The largest absolute Gasteiger partial charge is 0.446 e. The van der Waals surface area contributed by atoms with Gasteiger partial charge in [-0.3, -0.25) is 9.59 Å². The normalized spacial score (nSPS) is 11.9. The summed E-state index contributed by atoms with van der Waals surface area (Å²) < 4.78 is 24.2. The molecule has 0 saturated heterocycles. The minimum Gasteiger partial charge on any atom is -0.446 e. The smallest absolute Gasteiger partial charge is 0.287 e. The SMILES string of the molecule is Cc1nc(C(NC(=O)c2ccc(C(N)=O)o2)c2ccccc2F)no1. The molecule has 2 amide bonds. The van der Waals surface area contributed by atoms with Crippen molar-refractivity contribution in [2.24, 2.45) is 5.73 Å². The van der Waals surface area contributed by atoms with Crippen molar-refractivity contribution in [3.8, 4) is 0 Å². The number of furan rings is 1. The van der Waals surface area contributed by atoms with Gasteiger partial charge < -0.3 is 20.0 Å². The van der Waals surface area contributed by atoms with Crippen LogP contribution in [-0.4, -0.2) is 22.0 Å². The van der Waals surface area contributed by atoms with Gasteiger partial charge in [0.05, 0.1) is 0 Å². The van der Waals surface area contributed by atoms with Crippen molar-refractivity contribution in [1.29, 1.82) is 0 Å². The van der Waals surface area contributed by atoms with Crippen LogP contribution in [0.15, 0.2) is 45.3 Å². The quantitative estimate of drug-likeness (QED) is 0.726. The number of hydrogen-bond acceptors (Lipinski definition) is 6. The Kier molecular flexibility index (Phi) is 4.29. The van der Waals surface area contributed by atoms with Crippen LogP contribution in [0.4, 0.5) is 4.39 Å². The predicted octanol–water partition coefficient (Wildman–Crippen LogP) is 1.73. The summed E-state index contributed by atoms with van der Waals surface area (Å²) >= 11 is 0. The van der Waals surface area contributed by atoms with Crippen molar-refractivity contribution in [3.05, 3.63) is 71.0 Å². The standard InChI is InChI=1S/C16H13FN4O4/c1-8-19-15(21-25-8)13(9-4-2-3-5-10(9)17)20-16(23)12-7-6-11(24-12)14(18)22/h2-7,13H,1H3,(H2,18,22)(H,20,23). The fraction of sp³-hybridized carbons (Fsp3) is 0.125. The molecular formula is C16H13FN4O4. The van der Waals surface area contributed by atoms with Crippen molar-refractivity contribution in [1.82, 2.24) is 15.5 Å². The van der Waals surface area contributed by atoms with Crippen molar-refractivity contribution >= 4 is 11.8 Å². The van der Waals surface area contributed by atoms with E-state index in [0.717, 1.165) is 0 Å². The van der Waals surface area contributed by atoms with Gasteiger partial charge >= 0.3 is 0 Å². The topological polar surface area (TPSA) is 124 Å². The first-order chi connectivity index (χ1) is 12.0. The van der Waals surface area contributed by atoms with E-state index in [0.29, 0.717) is 0 Å². The predicted molar refractivity (Wildman–Crippen MR) is 82.0 cm³/mol. The van der Waals surface area contributed by atoms with Gasteiger partial charge in [0.2, 0.25) is 5.89 Å². The number of hydrogen-bond donors (Lipinski definition) is 2. The van der Waals surface area contributed by atoms with Gasteiger partial charge in [0.25, 0.3) is 11.8 Å². The Morgan fingerprint density at radius 2 is 1.92 bits per heavy atom. The van der Waals surface area contributed by atoms with E-state index < -0.39 is 23.7 Å². The van der Waals surface area contributed by atoms with Crippen LogP contribution in [0.5, 0.6) is 0 Å². The fourth-order valence-electron chi connectivity index (χ4n) is 2.22. The summed E-state index contributed by atoms with van der Waals surface area (Å²) in [5, 5.41) is 6.30. The molecule has 0 fully saturated rings. The van der Waals surface area contributed by atoms with Gasteiger partial charge in [-0.2, -0.15) is 4.98 Å². The average molecular weight is 344 g/mol. The highest BCUT2D eigenvalue weighted by Crippen LogP contribution is 2.23. The lowest BCUT2D eigenvalue weighted by Crippen LogP contribution is -2.30. The number of halogens is 1. The number of nitrogens with zero attached hydrogens (tertiary/aromatic N) is 2. The summed E-state index contributed by atoms with van der Waals surface area (Å²) in [7, 11) is 0. The van der Waals surface area contributed by atoms with Gasteiger partial charge in [-0.15, -0.1) is 0 Å². The molecule has 0 aliphatic carbocycles. The van der Waals surface area contributed by atoms with E-state index in [-0.39, 0.29) is 28.8 Å². The molecular weight excluding hydrogens is 331 g/mol. The zero-order valence-corrected chi connectivity index (χ0v) is 13.0. The molecule has 8 nitrogen and oxygen atoms in total. The highest BCUT2D eigenvalue weighted by molar-refractivity contribution is 5.95. The summed E-state index contributed by atoms with van der Waals surface area (Å²) in [4.78, 5) is 27.5. The Bertz CT molecular complexity index is 934. The molecule has 2 aromatic heterocycles. The molecule has 2 heterocycles. The molecule has 0 saturated carbocycles. The number of aryl methyl sites for hydroxylation is 1. The maximum absolute atomic E-state index is 14.2. The monoisotopic (exact) mass is 344 g/mol. The van der Waals surface area contributed by atoms with E-state index in [2.05, 4.69) is 15.5 Å². The number of carbonyl (C=O) groups is 2. The second kappa shape index (κ2) is 6.56. The van der Waals surface area contributed by atoms with Crippen LogP contribution in [0.3, 0.4) is 0 Å². The average Bonchev–Trinajstić information content (AvgIpc) is 3.22. The summed E-state index contributed by atoms with van der Waals surface area (Å²) in [6, 6.07) is 7.42. The number of nitrogens with two attached hydrogens (primary N) is 1. The van der Waals surface area contributed by atoms with Crippen LogP contribution < -0.4 is 11.1 Å². The van der Waals surface area contributed by atoms with E-state index in [4.69, 9.17) is 14.7 Å². The molecule has 0 spiro atoms. The first-order valence-electron chi connectivity index (χ1n) is 7.21. The molecule has 1 unspecified atom stereocenters. The Labute approximate surface area is 140 Å². The minimum atomic E-state index is -1.01. The van der Waals surface area contributed by atoms with E-state index >= 15 is 0 Å². The lowest BCUT2D eigenvalue weighted by atomic mass is 10.1. The van der Waals surface area contributed by atoms with Gasteiger partial charge in [-0.05, 0) is 18.2 Å². The second-order valence-corrected chi connectivity index (χ2v) is 5.13. The van der Waals surface area contributed by atoms with Crippen molar-refractivity contribution in [2.75, 3.05) is 0 Å². The Balaban J connectivity index is 1.93. The Hall–Kier alpha value is -3.49. The van der Waals surface area contributed by atoms with Gasteiger partial charge in [0.15, 0.2) is 17.3 Å². The van der Waals surface area contributed by atoms with Crippen LogP contribution in [0.1, 0.15) is 44.4 Å². The number of carbonyl (C=O) groups excluding carboxylic acids is 2. The lowest BCUT2D eigenvalue weighted by molar-refractivity contribution is 0.0904. The second-order valence-electron chi connectivity index (χ2n) is 5.13. The summed E-state index contributed by atoms with van der Waals surface area (Å²) in [5.74, 6) is -2.02. The van der Waals surface area contributed by atoms with Crippen LogP contribution in [0.2, 0.25) is 0 Å². The van der Waals surface area contributed by atoms with Gasteiger partial charge in [0.1, 0.15) is 11.9 Å². The maximum atomic E-state index is 14.2. The third kappa shape index (κ3) is 3.39. The van der Waals surface area contributed by atoms with Crippen molar-refractivity contribution in [3.63, 3.8) is 0 Å². The minimum absolute atomic E-state index is 0.0811. The molecule has 0 bridgehead atoms. The van der Waals surface area contributed by atoms with Crippen molar-refractivity contribution < 1.29 is 22.9 Å².